The maximum atomic E-state index is 6.30. The molecule has 1 aromatic heterocycles. The van der Waals surface area contributed by atoms with E-state index in [2.05, 4.69) is 44.6 Å². The van der Waals surface area contributed by atoms with Crippen molar-refractivity contribution < 1.29 is 0 Å². The summed E-state index contributed by atoms with van der Waals surface area (Å²) in [5, 5.41) is 4.80. The van der Waals surface area contributed by atoms with Crippen molar-refractivity contribution in [1.82, 2.24) is 9.78 Å². The molecule has 0 spiro atoms. The molecule has 20 heavy (non-hydrogen) atoms. The molecule has 1 unspecified atom stereocenters. The lowest BCUT2D eigenvalue weighted by Crippen LogP contribution is -2.25. The van der Waals surface area contributed by atoms with Gasteiger partial charge >= 0.3 is 0 Å². The topological polar surface area (TPSA) is 17.8 Å². The number of halogens is 1. The Morgan fingerprint density at radius 1 is 1.25 bits per heavy atom. The quantitative estimate of drug-likeness (QED) is 0.513. The highest BCUT2D eigenvalue weighted by atomic mass is 35.5. The van der Waals surface area contributed by atoms with Crippen LogP contribution in [0.3, 0.4) is 0 Å². The first-order valence-electron chi connectivity index (χ1n) is 8.24. The zero-order valence-corrected chi connectivity index (χ0v) is 14.4. The predicted molar refractivity (Wildman–Crippen MR) is 88.5 cm³/mol. The van der Waals surface area contributed by atoms with Crippen LogP contribution in [0, 0.1) is 5.41 Å². The number of unbranched alkanes of at least 4 members (excludes halogenated alkanes) is 1. The van der Waals surface area contributed by atoms with Crippen LogP contribution in [-0.4, -0.2) is 15.7 Å². The first-order chi connectivity index (χ1) is 9.64. The Hall–Kier alpha value is -0.500. The molecule has 1 aromatic rings. The highest BCUT2D eigenvalue weighted by Crippen LogP contribution is 2.34. The number of nitrogens with zero attached hydrogens (tertiary/aromatic N) is 2. The summed E-state index contributed by atoms with van der Waals surface area (Å²) in [4.78, 5) is 0. The third-order valence-electron chi connectivity index (χ3n) is 4.63. The van der Waals surface area contributed by atoms with Gasteiger partial charge in [0.05, 0.1) is 11.7 Å². The van der Waals surface area contributed by atoms with Crippen molar-refractivity contribution in [1.29, 1.82) is 0 Å². The largest absolute Gasteiger partial charge is 0.269 e. The molecule has 0 radical (unpaired) electrons. The monoisotopic (exact) mass is 298 g/mol. The molecular formula is C17H31ClN2. The van der Waals surface area contributed by atoms with E-state index in [1.54, 1.807) is 0 Å². The van der Waals surface area contributed by atoms with Gasteiger partial charge in [0, 0.05) is 12.1 Å². The summed E-state index contributed by atoms with van der Waals surface area (Å²) in [5.41, 5.74) is 1.43. The van der Waals surface area contributed by atoms with Crippen LogP contribution in [-0.2, 0) is 6.42 Å². The van der Waals surface area contributed by atoms with Gasteiger partial charge in [-0.2, -0.15) is 5.10 Å². The van der Waals surface area contributed by atoms with E-state index in [0.29, 0.717) is 6.04 Å². The lowest BCUT2D eigenvalue weighted by Gasteiger charge is -2.30. The molecule has 0 saturated heterocycles. The average Bonchev–Trinajstić information content (AvgIpc) is 2.93. The summed E-state index contributed by atoms with van der Waals surface area (Å²) < 4.78 is 2.14. The van der Waals surface area contributed by atoms with Crippen molar-refractivity contribution in [3.63, 3.8) is 0 Å². The maximum absolute atomic E-state index is 6.30. The molecule has 0 fully saturated rings. The van der Waals surface area contributed by atoms with Gasteiger partial charge in [0.15, 0.2) is 0 Å². The summed E-state index contributed by atoms with van der Waals surface area (Å²) in [7, 11) is 0. The van der Waals surface area contributed by atoms with Crippen molar-refractivity contribution in [2.24, 2.45) is 5.41 Å². The molecule has 116 valence electrons. The molecule has 1 atom stereocenters. The van der Waals surface area contributed by atoms with Gasteiger partial charge in [0.1, 0.15) is 0 Å². The van der Waals surface area contributed by atoms with Crippen LogP contribution in [0.15, 0.2) is 12.3 Å². The molecule has 0 saturated carbocycles. The Labute approximate surface area is 129 Å². The smallest absolute Gasteiger partial charge is 0.0630 e. The lowest BCUT2D eigenvalue weighted by atomic mass is 9.78. The van der Waals surface area contributed by atoms with Crippen LogP contribution < -0.4 is 0 Å². The van der Waals surface area contributed by atoms with E-state index >= 15 is 0 Å². The van der Waals surface area contributed by atoms with Crippen LogP contribution in [0.5, 0.6) is 0 Å². The van der Waals surface area contributed by atoms with Crippen molar-refractivity contribution in [2.75, 3.05) is 5.88 Å². The third kappa shape index (κ3) is 4.51. The zero-order valence-electron chi connectivity index (χ0n) is 13.7. The Kier molecular flexibility index (Phi) is 7.65. The first kappa shape index (κ1) is 17.6. The van der Waals surface area contributed by atoms with Crippen molar-refractivity contribution in [3.8, 4) is 0 Å². The van der Waals surface area contributed by atoms with E-state index in [1.807, 2.05) is 0 Å². The standard InChI is InChI=1S/C17H31ClN2/c1-5-9-11-17(8-4,14-18)13-15-10-12-20(19-15)16(6-2)7-3/h10,12,16H,5-9,11,13-14H2,1-4H3. The summed E-state index contributed by atoms with van der Waals surface area (Å²) in [5.74, 6) is 0.737. The van der Waals surface area contributed by atoms with Gasteiger partial charge in [-0.05, 0) is 43.6 Å². The summed E-state index contributed by atoms with van der Waals surface area (Å²) in [6, 6.07) is 2.72. The second-order valence-corrected chi connectivity index (χ2v) is 6.29. The van der Waals surface area contributed by atoms with Crippen molar-refractivity contribution in [3.05, 3.63) is 18.0 Å². The van der Waals surface area contributed by atoms with E-state index in [0.717, 1.165) is 31.6 Å². The van der Waals surface area contributed by atoms with E-state index in [9.17, 15) is 0 Å². The number of aromatic nitrogens is 2. The molecule has 0 N–H and O–H groups in total. The van der Waals surface area contributed by atoms with Gasteiger partial charge in [-0.3, -0.25) is 4.68 Å². The Morgan fingerprint density at radius 2 is 1.95 bits per heavy atom. The maximum Gasteiger partial charge on any atom is 0.0630 e. The second-order valence-electron chi connectivity index (χ2n) is 6.02. The minimum Gasteiger partial charge on any atom is -0.269 e. The van der Waals surface area contributed by atoms with Crippen molar-refractivity contribution in [2.45, 2.75) is 78.7 Å². The number of alkyl halides is 1. The number of rotatable bonds is 10. The van der Waals surface area contributed by atoms with E-state index < -0.39 is 0 Å². The Bertz CT molecular complexity index is 365. The molecule has 2 nitrogen and oxygen atoms in total. The Morgan fingerprint density at radius 3 is 2.45 bits per heavy atom. The second kappa shape index (κ2) is 8.71. The highest BCUT2D eigenvalue weighted by Gasteiger charge is 2.28. The Balaban J connectivity index is 2.78. The normalized spacial score (nSPS) is 14.7. The molecule has 0 bridgehead atoms. The van der Waals surface area contributed by atoms with Crippen LogP contribution in [0.4, 0.5) is 0 Å². The predicted octanol–water partition coefficient (Wildman–Crippen LogP) is 5.61. The SMILES string of the molecule is CCCCC(CC)(CCl)Cc1ccn(C(CC)CC)n1. The van der Waals surface area contributed by atoms with Gasteiger partial charge in [-0.15, -0.1) is 11.6 Å². The van der Waals surface area contributed by atoms with Crippen LogP contribution >= 0.6 is 11.6 Å². The lowest BCUT2D eigenvalue weighted by molar-refractivity contribution is 0.274. The molecule has 0 aromatic carbocycles. The van der Waals surface area contributed by atoms with Gasteiger partial charge in [-0.25, -0.2) is 0 Å². The fourth-order valence-electron chi connectivity index (χ4n) is 2.87. The minimum absolute atomic E-state index is 0.227. The van der Waals surface area contributed by atoms with E-state index in [1.165, 1.54) is 25.0 Å². The highest BCUT2D eigenvalue weighted by molar-refractivity contribution is 6.18. The summed E-state index contributed by atoms with van der Waals surface area (Å²) in [6.45, 7) is 8.96. The molecule has 0 aliphatic heterocycles. The molecule has 0 amide bonds. The average molecular weight is 299 g/mol. The van der Waals surface area contributed by atoms with E-state index in [4.69, 9.17) is 16.7 Å². The van der Waals surface area contributed by atoms with Crippen LogP contribution in [0.25, 0.3) is 0 Å². The fourth-order valence-corrected chi connectivity index (χ4v) is 3.29. The van der Waals surface area contributed by atoms with Gasteiger partial charge in [0.2, 0.25) is 0 Å². The van der Waals surface area contributed by atoms with Gasteiger partial charge in [0.25, 0.3) is 0 Å². The molecule has 1 rings (SSSR count). The number of hydrogen-bond donors (Lipinski definition) is 0. The summed E-state index contributed by atoms with van der Waals surface area (Å²) >= 11 is 6.30. The van der Waals surface area contributed by atoms with Crippen LogP contribution in [0.2, 0.25) is 0 Å². The van der Waals surface area contributed by atoms with Crippen LogP contribution in [0.1, 0.15) is 78.0 Å². The third-order valence-corrected chi connectivity index (χ3v) is 5.20. The van der Waals surface area contributed by atoms with Gasteiger partial charge in [-0.1, -0.05) is 40.5 Å². The minimum atomic E-state index is 0.227. The zero-order chi connectivity index (χ0) is 15.0. The molecule has 0 aliphatic rings. The molecule has 0 aliphatic carbocycles. The van der Waals surface area contributed by atoms with Crippen molar-refractivity contribution >= 4 is 11.6 Å². The molecule has 3 heteroatoms. The summed E-state index contributed by atoms with van der Waals surface area (Å²) in [6.07, 6.45) is 10.3. The fraction of sp³-hybridized carbons (Fsp3) is 0.824. The molecular weight excluding hydrogens is 268 g/mol. The van der Waals surface area contributed by atoms with Gasteiger partial charge < -0.3 is 0 Å². The molecule has 1 heterocycles. The van der Waals surface area contributed by atoms with E-state index in [-0.39, 0.29) is 5.41 Å². The number of hydrogen-bond acceptors (Lipinski definition) is 1. The first-order valence-corrected chi connectivity index (χ1v) is 8.78.